The quantitative estimate of drug-likeness (QED) is 0.665. The van der Waals surface area contributed by atoms with Crippen molar-refractivity contribution in [2.75, 3.05) is 0 Å². The molecule has 3 aromatic rings. The number of rotatable bonds is 1. The maximum Gasteiger partial charge on any atom is 0.344 e. The second kappa shape index (κ2) is 4.31. The average molecular weight is 258 g/mol. The van der Waals surface area contributed by atoms with Crippen LogP contribution in [0.3, 0.4) is 0 Å². The molecule has 0 aliphatic carbocycles. The van der Waals surface area contributed by atoms with Gasteiger partial charge in [-0.15, -0.1) is 0 Å². The van der Waals surface area contributed by atoms with E-state index < -0.39 is 17.3 Å². The third kappa shape index (κ3) is 1.91. The van der Waals surface area contributed by atoms with Crippen molar-refractivity contribution in [2.45, 2.75) is 0 Å². The van der Waals surface area contributed by atoms with Crippen LogP contribution in [0, 0.1) is 11.6 Å². The van der Waals surface area contributed by atoms with E-state index in [2.05, 4.69) is 0 Å². The predicted molar refractivity (Wildman–Crippen MR) is 67.8 cm³/mol. The first kappa shape index (κ1) is 11.6. The summed E-state index contributed by atoms with van der Waals surface area (Å²) in [7, 11) is 0. The van der Waals surface area contributed by atoms with E-state index in [0.717, 1.165) is 6.07 Å². The van der Waals surface area contributed by atoms with Crippen molar-refractivity contribution in [2.24, 2.45) is 0 Å². The van der Waals surface area contributed by atoms with E-state index in [-0.39, 0.29) is 11.3 Å². The highest BCUT2D eigenvalue weighted by Gasteiger charge is 2.13. The van der Waals surface area contributed by atoms with E-state index in [1.165, 1.54) is 18.2 Å². The van der Waals surface area contributed by atoms with Gasteiger partial charge in [0.15, 0.2) is 11.6 Å². The molecular formula is C15H8F2O2. The van der Waals surface area contributed by atoms with E-state index in [1.54, 1.807) is 24.3 Å². The van der Waals surface area contributed by atoms with Gasteiger partial charge in [-0.05, 0) is 29.7 Å². The summed E-state index contributed by atoms with van der Waals surface area (Å²) in [6.45, 7) is 0. The van der Waals surface area contributed by atoms with Crippen LogP contribution in [-0.4, -0.2) is 0 Å². The number of fused-ring (bicyclic) bond motifs is 1. The van der Waals surface area contributed by atoms with Gasteiger partial charge < -0.3 is 4.42 Å². The zero-order chi connectivity index (χ0) is 13.4. The van der Waals surface area contributed by atoms with Crippen LogP contribution in [0.2, 0.25) is 0 Å². The zero-order valence-corrected chi connectivity index (χ0v) is 9.69. The summed E-state index contributed by atoms with van der Waals surface area (Å²) in [5.41, 5.74) is -0.639. The second-order valence-corrected chi connectivity index (χ2v) is 4.09. The Balaban J connectivity index is 2.32. The van der Waals surface area contributed by atoms with Crippen molar-refractivity contribution in [1.29, 1.82) is 0 Å². The third-order valence-electron chi connectivity index (χ3n) is 2.89. The Bertz CT molecular complexity index is 822. The molecule has 19 heavy (non-hydrogen) atoms. The fourth-order valence-corrected chi connectivity index (χ4v) is 1.96. The lowest BCUT2D eigenvalue weighted by molar-refractivity contribution is 0.496. The summed E-state index contributed by atoms with van der Waals surface area (Å²) in [6.07, 6.45) is 0. The van der Waals surface area contributed by atoms with Crippen molar-refractivity contribution in [3.05, 3.63) is 70.6 Å². The predicted octanol–water partition coefficient (Wildman–Crippen LogP) is 3.74. The van der Waals surface area contributed by atoms with Crippen LogP contribution in [0.15, 0.2) is 57.7 Å². The third-order valence-corrected chi connectivity index (χ3v) is 2.89. The molecule has 0 N–H and O–H groups in total. The van der Waals surface area contributed by atoms with Gasteiger partial charge in [-0.1, -0.05) is 24.3 Å². The van der Waals surface area contributed by atoms with Gasteiger partial charge in [0.25, 0.3) is 0 Å². The molecule has 0 unspecified atom stereocenters. The van der Waals surface area contributed by atoms with Crippen molar-refractivity contribution in [3.8, 4) is 11.3 Å². The monoisotopic (exact) mass is 258 g/mol. The van der Waals surface area contributed by atoms with Crippen LogP contribution in [0.1, 0.15) is 0 Å². The lowest BCUT2D eigenvalue weighted by Gasteiger charge is -2.04. The minimum Gasteiger partial charge on any atom is -0.422 e. The molecule has 4 heteroatoms. The minimum atomic E-state index is -1.03. The molecule has 0 bridgehead atoms. The standard InChI is InChI=1S/C15H8F2O2/c16-12-7-3-6-11(14(12)17)13-8-9-4-1-2-5-10(9)15(18)19-13/h1-8H. The molecule has 0 spiro atoms. The Morgan fingerprint density at radius 3 is 2.58 bits per heavy atom. The first-order chi connectivity index (χ1) is 9.16. The molecule has 2 aromatic carbocycles. The molecule has 0 aliphatic rings. The van der Waals surface area contributed by atoms with E-state index in [1.807, 2.05) is 0 Å². The van der Waals surface area contributed by atoms with Gasteiger partial charge in [-0.25, -0.2) is 13.6 Å². The highest BCUT2D eigenvalue weighted by atomic mass is 19.2. The van der Waals surface area contributed by atoms with Crippen molar-refractivity contribution >= 4 is 10.8 Å². The van der Waals surface area contributed by atoms with E-state index in [0.29, 0.717) is 10.8 Å². The summed E-state index contributed by atoms with van der Waals surface area (Å²) in [5.74, 6) is -1.99. The summed E-state index contributed by atoms with van der Waals surface area (Å²) < 4.78 is 31.9. The van der Waals surface area contributed by atoms with Crippen LogP contribution in [0.5, 0.6) is 0 Å². The van der Waals surface area contributed by atoms with Crippen LogP contribution in [0.4, 0.5) is 8.78 Å². The molecule has 0 saturated heterocycles. The average Bonchev–Trinajstić information content (AvgIpc) is 2.42. The number of hydrogen-bond donors (Lipinski definition) is 0. The molecule has 1 heterocycles. The molecule has 0 radical (unpaired) electrons. The normalized spacial score (nSPS) is 10.8. The minimum absolute atomic E-state index is 0.0145. The van der Waals surface area contributed by atoms with Crippen LogP contribution in [0.25, 0.3) is 22.1 Å². The molecule has 0 aliphatic heterocycles. The first-order valence-corrected chi connectivity index (χ1v) is 5.64. The molecule has 0 amide bonds. The topological polar surface area (TPSA) is 30.2 Å². The number of halogens is 2. The molecule has 1 aromatic heterocycles. The highest BCUT2D eigenvalue weighted by Crippen LogP contribution is 2.25. The Hall–Kier alpha value is -2.49. The summed E-state index contributed by atoms with van der Waals surface area (Å²) >= 11 is 0. The van der Waals surface area contributed by atoms with Gasteiger partial charge in [-0.2, -0.15) is 0 Å². The Morgan fingerprint density at radius 2 is 1.74 bits per heavy atom. The fraction of sp³-hybridized carbons (Fsp3) is 0. The maximum absolute atomic E-state index is 13.7. The van der Waals surface area contributed by atoms with E-state index in [9.17, 15) is 13.6 Å². The van der Waals surface area contributed by atoms with Crippen molar-refractivity contribution in [3.63, 3.8) is 0 Å². The number of hydrogen-bond acceptors (Lipinski definition) is 2. The van der Waals surface area contributed by atoms with Gasteiger partial charge in [-0.3, -0.25) is 0 Å². The van der Waals surface area contributed by atoms with E-state index >= 15 is 0 Å². The second-order valence-electron chi connectivity index (χ2n) is 4.09. The molecular weight excluding hydrogens is 250 g/mol. The van der Waals surface area contributed by atoms with Gasteiger partial charge in [0.2, 0.25) is 0 Å². The lowest BCUT2D eigenvalue weighted by atomic mass is 10.1. The van der Waals surface area contributed by atoms with Crippen molar-refractivity contribution in [1.82, 2.24) is 0 Å². The molecule has 3 rings (SSSR count). The lowest BCUT2D eigenvalue weighted by Crippen LogP contribution is -2.01. The van der Waals surface area contributed by atoms with Crippen LogP contribution < -0.4 is 5.63 Å². The molecule has 0 saturated carbocycles. The maximum atomic E-state index is 13.7. The molecule has 0 atom stereocenters. The van der Waals surface area contributed by atoms with Crippen LogP contribution in [-0.2, 0) is 0 Å². The van der Waals surface area contributed by atoms with Gasteiger partial charge >= 0.3 is 5.63 Å². The summed E-state index contributed by atoms with van der Waals surface area (Å²) in [5, 5.41) is 1.03. The molecule has 0 fully saturated rings. The van der Waals surface area contributed by atoms with Gasteiger partial charge in [0.1, 0.15) is 5.76 Å². The Morgan fingerprint density at radius 1 is 0.947 bits per heavy atom. The smallest absolute Gasteiger partial charge is 0.344 e. The number of benzene rings is 2. The SMILES string of the molecule is O=c1oc(-c2cccc(F)c2F)cc2ccccc12. The summed E-state index contributed by atoms with van der Waals surface area (Å²) in [4.78, 5) is 11.8. The molecule has 2 nitrogen and oxygen atoms in total. The van der Waals surface area contributed by atoms with Crippen molar-refractivity contribution < 1.29 is 13.2 Å². The van der Waals surface area contributed by atoms with E-state index in [4.69, 9.17) is 4.42 Å². The largest absolute Gasteiger partial charge is 0.422 e. The van der Waals surface area contributed by atoms with Gasteiger partial charge in [0, 0.05) is 0 Å². The highest BCUT2D eigenvalue weighted by molar-refractivity contribution is 5.84. The first-order valence-electron chi connectivity index (χ1n) is 5.64. The summed E-state index contributed by atoms with van der Waals surface area (Å²) in [6, 6.07) is 12.1. The fourth-order valence-electron chi connectivity index (χ4n) is 1.96. The Kier molecular flexibility index (Phi) is 2.63. The zero-order valence-electron chi connectivity index (χ0n) is 9.69. The molecule has 94 valence electrons. The Labute approximate surface area is 106 Å². The van der Waals surface area contributed by atoms with Crippen LogP contribution >= 0.6 is 0 Å². The van der Waals surface area contributed by atoms with Gasteiger partial charge in [0.05, 0.1) is 10.9 Å².